The molecule has 0 radical (unpaired) electrons. The van der Waals surface area contributed by atoms with Crippen molar-refractivity contribution in [2.75, 3.05) is 0 Å². The van der Waals surface area contributed by atoms with Crippen LogP contribution in [0.4, 0.5) is 4.39 Å². The predicted octanol–water partition coefficient (Wildman–Crippen LogP) is 4.51. The molecular formula is C12H7Cl2FO. The molecule has 0 aliphatic rings. The van der Waals surface area contributed by atoms with Crippen LogP contribution in [0, 0.1) is 5.82 Å². The Balaban J connectivity index is 2.62. The smallest absolute Gasteiger partial charge is 0.124 e. The number of halogens is 3. The van der Waals surface area contributed by atoms with E-state index in [0.717, 1.165) is 0 Å². The summed E-state index contributed by atoms with van der Waals surface area (Å²) in [6, 6.07) is 8.51. The largest absolute Gasteiger partial charge is 0.507 e. The highest BCUT2D eigenvalue weighted by molar-refractivity contribution is 6.35. The van der Waals surface area contributed by atoms with Gasteiger partial charge in [-0.25, -0.2) is 4.39 Å². The number of aromatic hydroxyl groups is 1. The third-order valence-corrected chi connectivity index (χ3v) is 2.57. The van der Waals surface area contributed by atoms with E-state index in [-0.39, 0.29) is 5.75 Å². The number of phenolic OH excluding ortho intramolecular Hbond substituents is 1. The number of rotatable bonds is 1. The Bertz CT molecular complexity index is 520. The second-order valence-electron chi connectivity index (χ2n) is 3.32. The number of hydrogen-bond acceptors (Lipinski definition) is 1. The van der Waals surface area contributed by atoms with Crippen molar-refractivity contribution in [1.29, 1.82) is 0 Å². The van der Waals surface area contributed by atoms with Crippen LogP contribution in [0.1, 0.15) is 0 Å². The van der Waals surface area contributed by atoms with Gasteiger partial charge in [-0.1, -0.05) is 23.2 Å². The van der Waals surface area contributed by atoms with Crippen LogP contribution in [0.5, 0.6) is 5.75 Å². The van der Waals surface area contributed by atoms with Gasteiger partial charge in [0.15, 0.2) is 0 Å². The Morgan fingerprint density at radius 1 is 0.938 bits per heavy atom. The van der Waals surface area contributed by atoms with Gasteiger partial charge in [-0.15, -0.1) is 0 Å². The molecule has 0 heterocycles. The first kappa shape index (κ1) is 11.2. The summed E-state index contributed by atoms with van der Waals surface area (Å²) >= 11 is 11.7. The van der Waals surface area contributed by atoms with Crippen molar-refractivity contribution in [3.05, 3.63) is 52.3 Å². The topological polar surface area (TPSA) is 20.2 Å². The molecule has 0 unspecified atom stereocenters. The minimum Gasteiger partial charge on any atom is -0.507 e. The summed E-state index contributed by atoms with van der Waals surface area (Å²) in [7, 11) is 0. The molecule has 16 heavy (non-hydrogen) atoms. The minimum atomic E-state index is -0.427. The minimum absolute atomic E-state index is 0.0141. The maximum absolute atomic E-state index is 13.1. The Kier molecular flexibility index (Phi) is 3.03. The highest BCUT2D eigenvalue weighted by atomic mass is 35.5. The molecule has 1 nitrogen and oxygen atoms in total. The summed E-state index contributed by atoms with van der Waals surface area (Å²) in [6.07, 6.45) is 0. The molecule has 0 aromatic heterocycles. The lowest BCUT2D eigenvalue weighted by molar-refractivity contribution is 0.475. The zero-order valence-electron chi connectivity index (χ0n) is 8.05. The average Bonchev–Trinajstić information content (AvgIpc) is 2.20. The van der Waals surface area contributed by atoms with Crippen molar-refractivity contribution in [3.8, 4) is 16.9 Å². The Morgan fingerprint density at radius 3 is 2.19 bits per heavy atom. The van der Waals surface area contributed by atoms with Crippen molar-refractivity contribution in [2.45, 2.75) is 0 Å². The second-order valence-corrected chi connectivity index (χ2v) is 4.19. The first-order chi connectivity index (χ1) is 7.56. The summed E-state index contributed by atoms with van der Waals surface area (Å²) in [5.74, 6) is -0.441. The molecule has 2 rings (SSSR count). The van der Waals surface area contributed by atoms with Gasteiger partial charge in [-0.3, -0.25) is 0 Å². The highest BCUT2D eigenvalue weighted by Gasteiger charge is 2.07. The summed E-state index contributed by atoms with van der Waals surface area (Å²) in [4.78, 5) is 0. The zero-order valence-corrected chi connectivity index (χ0v) is 9.56. The SMILES string of the molecule is Oc1ccc(F)cc1-c1cc(Cl)cc(Cl)c1. The molecule has 2 aromatic rings. The van der Waals surface area contributed by atoms with Crippen LogP contribution < -0.4 is 0 Å². The standard InChI is InChI=1S/C12H7Cl2FO/c13-8-3-7(4-9(14)5-8)11-6-10(15)1-2-12(11)16/h1-6,16H. The van der Waals surface area contributed by atoms with Gasteiger partial charge in [-0.2, -0.15) is 0 Å². The van der Waals surface area contributed by atoms with Crippen molar-refractivity contribution >= 4 is 23.2 Å². The molecule has 1 N–H and O–H groups in total. The van der Waals surface area contributed by atoms with Crippen molar-refractivity contribution in [2.24, 2.45) is 0 Å². The molecule has 0 fully saturated rings. The molecule has 82 valence electrons. The maximum atomic E-state index is 13.1. The first-order valence-electron chi connectivity index (χ1n) is 4.51. The van der Waals surface area contributed by atoms with E-state index >= 15 is 0 Å². The van der Waals surface area contributed by atoms with Crippen molar-refractivity contribution in [3.63, 3.8) is 0 Å². The number of benzene rings is 2. The first-order valence-corrected chi connectivity index (χ1v) is 5.27. The molecule has 2 aromatic carbocycles. The van der Waals surface area contributed by atoms with Gasteiger partial charge in [0, 0.05) is 15.6 Å². The Morgan fingerprint density at radius 2 is 1.56 bits per heavy atom. The van der Waals surface area contributed by atoms with Gasteiger partial charge in [0.2, 0.25) is 0 Å². The summed E-state index contributed by atoms with van der Waals surface area (Å²) in [6.45, 7) is 0. The molecule has 4 heteroatoms. The van der Waals surface area contributed by atoms with E-state index in [2.05, 4.69) is 0 Å². The van der Waals surface area contributed by atoms with Gasteiger partial charge in [0.1, 0.15) is 11.6 Å². The zero-order chi connectivity index (χ0) is 11.7. The molecule has 0 aliphatic heterocycles. The normalized spacial score (nSPS) is 10.4. The Hall–Kier alpha value is -1.25. The van der Waals surface area contributed by atoms with Crippen LogP contribution in [0.2, 0.25) is 10.0 Å². The lowest BCUT2D eigenvalue weighted by Gasteiger charge is -2.06. The maximum Gasteiger partial charge on any atom is 0.124 e. The van der Waals surface area contributed by atoms with Crippen LogP contribution >= 0.6 is 23.2 Å². The fraction of sp³-hybridized carbons (Fsp3) is 0. The van der Waals surface area contributed by atoms with Gasteiger partial charge in [0.25, 0.3) is 0 Å². The molecule has 0 saturated heterocycles. The molecular weight excluding hydrogens is 250 g/mol. The summed E-state index contributed by atoms with van der Waals surface area (Å²) in [5.41, 5.74) is 0.943. The van der Waals surface area contributed by atoms with Gasteiger partial charge < -0.3 is 5.11 Å². The summed E-state index contributed by atoms with van der Waals surface area (Å²) in [5, 5.41) is 10.5. The quantitative estimate of drug-likeness (QED) is 0.797. The van der Waals surface area contributed by atoms with E-state index in [1.807, 2.05) is 0 Å². The monoisotopic (exact) mass is 256 g/mol. The van der Waals surface area contributed by atoms with Crippen LogP contribution in [-0.2, 0) is 0 Å². The summed E-state index contributed by atoms with van der Waals surface area (Å²) < 4.78 is 13.1. The molecule has 0 amide bonds. The van der Waals surface area contributed by atoms with E-state index in [9.17, 15) is 9.50 Å². The van der Waals surface area contributed by atoms with E-state index in [1.165, 1.54) is 18.2 Å². The molecule has 0 atom stereocenters. The van der Waals surface area contributed by atoms with E-state index in [1.54, 1.807) is 18.2 Å². The van der Waals surface area contributed by atoms with Crippen molar-refractivity contribution in [1.82, 2.24) is 0 Å². The van der Waals surface area contributed by atoms with E-state index in [4.69, 9.17) is 23.2 Å². The van der Waals surface area contributed by atoms with Gasteiger partial charge >= 0.3 is 0 Å². The third-order valence-electron chi connectivity index (χ3n) is 2.13. The van der Waals surface area contributed by atoms with E-state index in [0.29, 0.717) is 21.2 Å². The van der Waals surface area contributed by atoms with Crippen LogP contribution in [-0.4, -0.2) is 5.11 Å². The fourth-order valence-corrected chi connectivity index (χ4v) is 1.97. The van der Waals surface area contributed by atoms with E-state index < -0.39 is 5.82 Å². The highest BCUT2D eigenvalue weighted by Crippen LogP contribution is 2.33. The fourth-order valence-electron chi connectivity index (χ4n) is 1.45. The third kappa shape index (κ3) is 2.29. The molecule has 0 spiro atoms. The molecule has 0 bridgehead atoms. The van der Waals surface area contributed by atoms with Gasteiger partial charge in [-0.05, 0) is 42.0 Å². The Labute approximate surface area is 102 Å². The number of hydrogen-bond donors (Lipinski definition) is 1. The van der Waals surface area contributed by atoms with Gasteiger partial charge in [0.05, 0.1) is 0 Å². The number of phenols is 1. The second kappa shape index (κ2) is 4.32. The lowest BCUT2D eigenvalue weighted by atomic mass is 10.0. The molecule has 0 saturated carbocycles. The molecule has 0 aliphatic carbocycles. The van der Waals surface area contributed by atoms with Crippen LogP contribution in [0.3, 0.4) is 0 Å². The average molecular weight is 257 g/mol. The van der Waals surface area contributed by atoms with Crippen molar-refractivity contribution < 1.29 is 9.50 Å². The lowest BCUT2D eigenvalue weighted by Crippen LogP contribution is -1.82. The van der Waals surface area contributed by atoms with Crippen LogP contribution in [0.25, 0.3) is 11.1 Å². The van der Waals surface area contributed by atoms with Crippen LogP contribution in [0.15, 0.2) is 36.4 Å². The predicted molar refractivity (Wildman–Crippen MR) is 63.5 cm³/mol.